The molecule has 0 saturated heterocycles. The van der Waals surface area contributed by atoms with Crippen LogP contribution in [0.15, 0.2) is 27.4 Å². The van der Waals surface area contributed by atoms with Crippen molar-refractivity contribution in [2.24, 2.45) is 0 Å². The van der Waals surface area contributed by atoms with E-state index >= 15 is 0 Å². The van der Waals surface area contributed by atoms with Crippen LogP contribution in [0.2, 0.25) is 0 Å². The van der Waals surface area contributed by atoms with Crippen LogP contribution in [0, 0.1) is 27.7 Å². The molecule has 0 aliphatic heterocycles. The van der Waals surface area contributed by atoms with Gasteiger partial charge in [0.05, 0.1) is 16.5 Å². The summed E-state index contributed by atoms with van der Waals surface area (Å²) in [6.45, 7) is 12.0. The van der Waals surface area contributed by atoms with E-state index in [2.05, 4.69) is 16.5 Å². The van der Waals surface area contributed by atoms with Crippen LogP contribution < -0.4 is 11.1 Å². The molecule has 0 aromatic carbocycles. The van der Waals surface area contributed by atoms with E-state index in [0.29, 0.717) is 34.1 Å². The Kier molecular flexibility index (Phi) is 5.22. The molecule has 29 heavy (non-hydrogen) atoms. The third-order valence-corrected chi connectivity index (χ3v) is 8.18. The van der Waals surface area contributed by atoms with Gasteiger partial charge >= 0.3 is 0 Å². The first-order valence-corrected chi connectivity index (χ1v) is 11.7. The summed E-state index contributed by atoms with van der Waals surface area (Å²) in [5, 5.41) is 1.94. The molecule has 4 heterocycles. The van der Waals surface area contributed by atoms with E-state index in [0.717, 1.165) is 30.5 Å². The Labute approximate surface area is 179 Å². The molecule has 0 unspecified atom stereocenters. The molecule has 0 radical (unpaired) electrons. The largest absolute Gasteiger partial charge is 0.309 e. The van der Waals surface area contributed by atoms with Crippen LogP contribution in [0.4, 0.5) is 0 Å². The van der Waals surface area contributed by atoms with E-state index in [4.69, 9.17) is 4.98 Å². The van der Waals surface area contributed by atoms with Crippen molar-refractivity contribution in [1.82, 2.24) is 19.5 Å². The van der Waals surface area contributed by atoms with Gasteiger partial charge in [-0.2, -0.15) is 0 Å². The van der Waals surface area contributed by atoms with Crippen LogP contribution in [0.25, 0.3) is 20.4 Å². The fourth-order valence-electron chi connectivity index (χ4n) is 3.21. The first-order chi connectivity index (χ1) is 13.8. The lowest BCUT2D eigenvalue weighted by Gasteiger charge is -2.10. The van der Waals surface area contributed by atoms with Gasteiger partial charge in [-0.1, -0.05) is 17.8 Å². The number of aryl methyl sites for hydroxylation is 4. The van der Waals surface area contributed by atoms with Crippen molar-refractivity contribution in [2.45, 2.75) is 45.1 Å². The Balaban J connectivity index is 1.75. The Hall–Kier alpha value is -2.23. The third-order valence-electron chi connectivity index (χ3n) is 4.99. The Morgan fingerprint density at radius 2 is 1.66 bits per heavy atom. The molecule has 0 aliphatic rings. The fraction of sp³-hybridized carbons (Fsp3) is 0.300. The summed E-state index contributed by atoms with van der Waals surface area (Å²) in [5.41, 5.74) is 1.79. The van der Waals surface area contributed by atoms with Gasteiger partial charge in [0.15, 0.2) is 5.16 Å². The van der Waals surface area contributed by atoms with Gasteiger partial charge in [0.2, 0.25) is 0 Å². The number of aromatic amines is 1. The molecule has 0 aliphatic carbocycles. The van der Waals surface area contributed by atoms with Crippen molar-refractivity contribution in [3.8, 4) is 0 Å². The maximum Gasteiger partial charge on any atom is 0.263 e. The molecular weight excluding hydrogens is 424 g/mol. The summed E-state index contributed by atoms with van der Waals surface area (Å²) < 4.78 is 1.63. The minimum Gasteiger partial charge on any atom is -0.309 e. The lowest BCUT2D eigenvalue weighted by atomic mass is 10.2. The highest BCUT2D eigenvalue weighted by molar-refractivity contribution is 7.98. The standard InChI is InChI=1S/C20H20N4O2S3/c1-6-7-24-19(26)15-10(3)12(5)29-18(15)23-20(24)27-8-13-21-16(25)14-9(2)11(4)28-17(14)22-13/h6H,1,7-8H2,2-5H3,(H,21,22,25). The SMILES string of the molecule is C=CCn1c(SCc2nc3sc(C)c(C)c3c(=O)[nH]2)nc2sc(C)c(C)c2c1=O. The number of nitrogens with one attached hydrogen (secondary N) is 1. The van der Waals surface area contributed by atoms with Crippen LogP contribution in [-0.4, -0.2) is 19.5 Å². The highest BCUT2D eigenvalue weighted by atomic mass is 32.2. The van der Waals surface area contributed by atoms with E-state index in [1.807, 2.05) is 27.7 Å². The van der Waals surface area contributed by atoms with E-state index < -0.39 is 0 Å². The van der Waals surface area contributed by atoms with Crippen LogP contribution in [-0.2, 0) is 12.3 Å². The molecule has 0 amide bonds. The summed E-state index contributed by atoms with van der Waals surface area (Å²) in [5.74, 6) is 0.992. The van der Waals surface area contributed by atoms with Crippen molar-refractivity contribution < 1.29 is 0 Å². The second kappa shape index (κ2) is 7.55. The maximum atomic E-state index is 13.1. The number of H-pyrrole nitrogens is 1. The van der Waals surface area contributed by atoms with Gasteiger partial charge in [-0.3, -0.25) is 14.2 Å². The Morgan fingerprint density at radius 3 is 2.31 bits per heavy atom. The van der Waals surface area contributed by atoms with Crippen LogP contribution in [0.5, 0.6) is 0 Å². The van der Waals surface area contributed by atoms with E-state index in [1.54, 1.807) is 10.6 Å². The van der Waals surface area contributed by atoms with Gasteiger partial charge in [-0.25, -0.2) is 9.97 Å². The number of rotatable bonds is 5. The molecule has 0 atom stereocenters. The molecule has 150 valence electrons. The van der Waals surface area contributed by atoms with Crippen molar-refractivity contribution in [3.63, 3.8) is 0 Å². The van der Waals surface area contributed by atoms with E-state index in [1.165, 1.54) is 34.4 Å². The van der Waals surface area contributed by atoms with Crippen LogP contribution in [0.3, 0.4) is 0 Å². The number of hydrogen-bond acceptors (Lipinski definition) is 7. The van der Waals surface area contributed by atoms with Crippen LogP contribution in [0.1, 0.15) is 26.7 Å². The predicted molar refractivity (Wildman–Crippen MR) is 123 cm³/mol. The minimum absolute atomic E-state index is 0.0549. The predicted octanol–water partition coefficient (Wildman–Crippen LogP) is 4.47. The number of thioether (sulfide) groups is 1. The van der Waals surface area contributed by atoms with E-state index in [9.17, 15) is 9.59 Å². The van der Waals surface area contributed by atoms with Crippen molar-refractivity contribution in [2.75, 3.05) is 0 Å². The second-order valence-corrected chi connectivity index (χ2v) is 10.2. The first kappa shape index (κ1) is 20.1. The van der Waals surface area contributed by atoms with Gasteiger partial charge in [0, 0.05) is 16.3 Å². The highest BCUT2D eigenvalue weighted by Gasteiger charge is 2.17. The molecule has 0 bridgehead atoms. The van der Waals surface area contributed by atoms with Crippen molar-refractivity contribution >= 4 is 54.9 Å². The summed E-state index contributed by atoms with van der Waals surface area (Å²) in [7, 11) is 0. The number of nitrogens with zero attached hydrogens (tertiary/aromatic N) is 3. The number of allylic oxidation sites excluding steroid dienone is 1. The quantitative estimate of drug-likeness (QED) is 0.279. The average Bonchev–Trinajstić information content (AvgIpc) is 3.12. The second-order valence-electron chi connectivity index (χ2n) is 6.83. The lowest BCUT2D eigenvalue weighted by Crippen LogP contribution is -2.22. The monoisotopic (exact) mass is 444 g/mol. The lowest BCUT2D eigenvalue weighted by molar-refractivity contribution is 0.672. The highest BCUT2D eigenvalue weighted by Crippen LogP contribution is 2.30. The van der Waals surface area contributed by atoms with Crippen molar-refractivity contribution in [1.29, 1.82) is 0 Å². The zero-order chi connectivity index (χ0) is 20.9. The summed E-state index contributed by atoms with van der Waals surface area (Å²) in [6, 6.07) is 0. The number of aromatic nitrogens is 4. The third kappa shape index (κ3) is 3.37. The number of thiophene rings is 2. The Morgan fingerprint density at radius 1 is 1.03 bits per heavy atom. The van der Waals surface area contributed by atoms with Gasteiger partial charge in [0.1, 0.15) is 15.5 Å². The number of hydrogen-bond donors (Lipinski definition) is 1. The molecule has 4 rings (SSSR count). The number of fused-ring (bicyclic) bond motifs is 2. The maximum absolute atomic E-state index is 13.1. The average molecular weight is 445 g/mol. The molecule has 6 nitrogen and oxygen atoms in total. The summed E-state index contributed by atoms with van der Waals surface area (Å²) in [6.07, 6.45) is 1.69. The zero-order valence-corrected chi connectivity index (χ0v) is 19.0. The van der Waals surface area contributed by atoms with Crippen LogP contribution >= 0.6 is 34.4 Å². The van der Waals surface area contributed by atoms with Gasteiger partial charge in [-0.15, -0.1) is 29.3 Å². The van der Waals surface area contributed by atoms with Gasteiger partial charge < -0.3 is 4.98 Å². The summed E-state index contributed by atoms with van der Waals surface area (Å²) in [4.78, 5) is 41.5. The molecule has 0 fully saturated rings. The fourth-order valence-corrected chi connectivity index (χ4v) is 6.21. The molecular formula is C20H20N4O2S3. The van der Waals surface area contributed by atoms with Crippen molar-refractivity contribution in [3.05, 3.63) is 60.1 Å². The molecule has 4 aromatic heterocycles. The Bertz CT molecular complexity index is 1390. The zero-order valence-electron chi connectivity index (χ0n) is 16.6. The molecule has 1 N–H and O–H groups in total. The molecule has 4 aromatic rings. The van der Waals surface area contributed by atoms with Gasteiger partial charge in [-0.05, 0) is 38.8 Å². The topological polar surface area (TPSA) is 80.6 Å². The minimum atomic E-state index is -0.121. The molecule has 0 spiro atoms. The molecule has 9 heteroatoms. The van der Waals surface area contributed by atoms with Gasteiger partial charge in [0.25, 0.3) is 11.1 Å². The molecule has 0 saturated carbocycles. The normalized spacial score (nSPS) is 11.6. The summed E-state index contributed by atoms with van der Waals surface area (Å²) >= 11 is 4.45. The smallest absolute Gasteiger partial charge is 0.263 e. The first-order valence-electron chi connectivity index (χ1n) is 9.05. The van der Waals surface area contributed by atoms with E-state index in [-0.39, 0.29) is 11.1 Å².